The summed E-state index contributed by atoms with van der Waals surface area (Å²) in [6.45, 7) is 4.15. The standard InChI is InChI=1S/C20H20Cl2N6O/c21-15-5-3-14(4-6-15)20-25-18(29-26-20)12-27-7-9-28(10-8-27)17-11-16(22)23-19(24-17)13-1-2-13/h3-6,11,13H,1-2,7-10,12H2. The van der Waals surface area contributed by atoms with E-state index in [2.05, 4.69) is 24.9 Å². The van der Waals surface area contributed by atoms with Gasteiger partial charge in [0.15, 0.2) is 0 Å². The second-order valence-electron chi connectivity index (χ2n) is 7.46. The van der Waals surface area contributed by atoms with Crippen LogP contribution >= 0.6 is 23.2 Å². The Labute approximate surface area is 178 Å². The lowest BCUT2D eigenvalue weighted by Gasteiger charge is -2.34. The number of hydrogen-bond acceptors (Lipinski definition) is 7. The molecule has 9 heteroatoms. The first-order chi connectivity index (χ1) is 14.1. The van der Waals surface area contributed by atoms with Crippen LogP contribution in [0.25, 0.3) is 11.4 Å². The largest absolute Gasteiger partial charge is 0.354 e. The fourth-order valence-corrected chi connectivity index (χ4v) is 3.78. The Morgan fingerprint density at radius 3 is 2.45 bits per heavy atom. The van der Waals surface area contributed by atoms with Crippen molar-refractivity contribution in [2.24, 2.45) is 0 Å². The third-order valence-corrected chi connectivity index (χ3v) is 5.71. The zero-order valence-electron chi connectivity index (χ0n) is 15.8. The summed E-state index contributed by atoms with van der Waals surface area (Å²) in [5.41, 5.74) is 0.890. The fourth-order valence-electron chi connectivity index (χ4n) is 3.47. The van der Waals surface area contributed by atoms with Crippen molar-refractivity contribution in [1.82, 2.24) is 25.0 Å². The minimum atomic E-state index is 0.487. The average Bonchev–Trinajstić information content (AvgIpc) is 3.48. The van der Waals surface area contributed by atoms with Crippen molar-refractivity contribution >= 4 is 29.0 Å². The molecule has 0 atom stereocenters. The van der Waals surface area contributed by atoms with E-state index < -0.39 is 0 Å². The lowest BCUT2D eigenvalue weighted by atomic mass is 10.2. The van der Waals surface area contributed by atoms with Gasteiger partial charge in [-0.05, 0) is 37.1 Å². The highest BCUT2D eigenvalue weighted by Crippen LogP contribution is 2.39. The van der Waals surface area contributed by atoms with Crippen molar-refractivity contribution in [2.45, 2.75) is 25.3 Å². The summed E-state index contributed by atoms with van der Waals surface area (Å²) in [6, 6.07) is 9.27. The molecule has 29 heavy (non-hydrogen) atoms. The fraction of sp³-hybridized carbons (Fsp3) is 0.400. The molecule has 0 spiro atoms. The Morgan fingerprint density at radius 1 is 0.966 bits per heavy atom. The van der Waals surface area contributed by atoms with Crippen LogP contribution in [-0.4, -0.2) is 51.2 Å². The molecule has 5 rings (SSSR count). The molecule has 1 aliphatic carbocycles. The first-order valence-electron chi connectivity index (χ1n) is 9.74. The van der Waals surface area contributed by atoms with E-state index in [-0.39, 0.29) is 0 Å². The molecule has 3 aromatic rings. The summed E-state index contributed by atoms with van der Waals surface area (Å²) in [5.74, 6) is 3.49. The van der Waals surface area contributed by atoms with Gasteiger partial charge in [0, 0.05) is 48.7 Å². The lowest BCUT2D eigenvalue weighted by molar-refractivity contribution is 0.215. The number of halogens is 2. The predicted molar refractivity (Wildman–Crippen MR) is 111 cm³/mol. The van der Waals surface area contributed by atoms with Crippen LogP contribution in [0.2, 0.25) is 10.2 Å². The summed E-state index contributed by atoms with van der Waals surface area (Å²) >= 11 is 12.2. The third-order valence-electron chi connectivity index (χ3n) is 5.27. The van der Waals surface area contributed by atoms with Gasteiger partial charge < -0.3 is 9.42 Å². The van der Waals surface area contributed by atoms with Gasteiger partial charge in [0.05, 0.1) is 6.54 Å². The van der Waals surface area contributed by atoms with Crippen LogP contribution in [0.4, 0.5) is 5.82 Å². The summed E-state index contributed by atoms with van der Waals surface area (Å²) in [4.78, 5) is 18.2. The van der Waals surface area contributed by atoms with E-state index in [1.807, 2.05) is 30.3 Å². The first-order valence-corrected chi connectivity index (χ1v) is 10.5. The van der Waals surface area contributed by atoms with Crippen LogP contribution in [0.5, 0.6) is 0 Å². The van der Waals surface area contributed by atoms with Gasteiger partial charge in [0.2, 0.25) is 11.7 Å². The van der Waals surface area contributed by atoms with E-state index >= 15 is 0 Å². The quantitative estimate of drug-likeness (QED) is 0.565. The van der Waals surface area contributed by atoms with Crippen molar-refractivity contribution in [3.05, 3.63) is 52.2 Å². The van der Waals surface area contributed by atoms with Gasteiger partial charge in [-0.3, -0.25) is 4.90 Å². The Balaban J connectivity index is 1.20. The van der Waals surface area contributed by atoms with Gasteiger partial charge in [-0.25, -0.2) is 9.97 Å². The summed E-state index contributed by atoms with van der Waals surface area (Å²) in [7, 11) is 0. The minimum Gasteiger partial charge on any atom is -0.354 e. The van der Waals surface area contributed by atoms with Crippen LogP contribution in [0.15, 0.2) is 34.9 Å². The van der Waals surface area contributed by atoms with Crippen molar-refractivity contribution in [3.8, 4) is 11.4 Å². The second kappa shape index (κ2) is 7.89. The predicted octanol–water partition coefficient (Wildman–Crippen LogP) is 4.03. The molecule has 0 radical (unpaired) electrons. The molecule has 3 heterocycles. The molecule has 150 valence electrons. The van der Waals surface area contributed by atoms with Crippen molar-refractivity contribution in [2.75, 3.05) is 31.1 Å². The maximum atomic E-state index is 6.22. The van der Waals surface area contributed by atoms with Gasteiger partial charge in [-0.2, -0.15) is 4.98 Å². The molecule has 1 aromatic carbocycles. The number of rotatable bonds is 5. The summed E-state index contributed by atoms with van der Waals surface area (Å²) < 4.78 is 5.44. The highest BCUT2D eigenvalue weighted by atomic mass is 35.5. The normalized spacial score (nSPS) is 17.7. The van der Waals surface area contributed by atoms with Crippen molar-refractivity contribution < 1.29 is 4.52 Å². The van der Waals surface area contributed by atoms with E-state index in [9.17, 15) is 0 Å². The highest BCUT2D eigenvalue weighted by Gasteiger charge is 2.28. The van der Waals surface area contributed by atoms with Crippen LogP contribution in [0.3, 0.4) is 0 Å². The highest BCUT2D eigenvalue weighted by molar-refractivity contribution is 6.30. The van der Waals surface area contributed by atoms with E-state index in [0.29, 0.717) is 34.4 Å². The molecule has 2 aliphatic rings. The Morgan fingerprint density at radius 2 is 1.72 bits per heavy atom. The molecular weight excluding hydrogens is 411 g/mol. The summed E-state index contributed by atoms with van der Waals surface area (Å²) in [6.07, 6.45) is 2.32. The average molecular weight is 431 g/mol. The molecule has 0 bridgehead atoms. The van der Waals surface area contributed by atoms with Gasteiger partial charge >= 0.3 is 0 Å². The molecule has 2 fully saturated rings. The zero-order chi connectivity index (χ0) is 19.8. The summed E-state index contributed by atoms with van der Waals surface area (Å²) in [5, 5.41) is 5.30. The number of anilines is 1. The van der Waals surface area contributed by atoms with Gasteiger partial charge in [-0.1, -0.05) is 28.4 Å². The number of benzene rings is 1. The number of nitrogens with zero attached hydrogens (tertiary/aromatic N) is 6. The first kappa shape index (κ1) is 18.8. The molecule has 1 saturated carbocycles. The molecule has 0 N–H and O–H groups in total. The van der Waals surface area contributed by atoms with Gasteiger partial charge in [-0.15, -0.1) is 0 Å². The number of aromatic nitrogens is 4. The smallest absolute Gasteiger partial charge is 0.241 e. The Bertz CT molecular complexity index is 996. The molecule has 0 unspecified atom stereocenters. The molecule has 1 saturated heterocycles. The van der Waals surface area contributed by atoms with E-state index in [1.165, 1.54) is 0 Å². The monoisotopic (exact) mass is 430 g/mol. The van der Waals surface area contributed by atoms with Gasteiger partial charge in [0.1, 0.15) is 16.8 Å². The molecule has 7 nitrogen and oxygen atoms in total. The second-order valence-corrected chi connectivity index (χ2v) is 8.29. The van der Waals surface area contributed by atoms with Crippen LogP contribution in [0, 0.1) is 0 Å². The molecule has 0 amide bonds. The molecule has 1 aliphatic heterocycles. The van der Waals surface area contributed by atoms with Gasteiger partial charge in [0.25, 0.3) is 0 Å². The van der Waals surface area contributed by atoms with E-state index in [1.54, 1.807) is 0 Å². The van der Waals surface area contributed by atoms with E-state index in [0.717, 1.165) is 56.2 Å². The van der Waals surface area contributed by atoms with Crippen LogP contribution in [-0.2, 0) is 6.54 Å². The third kappa shape index (κ3) is 4.37. The number of piperazine rings is 1. The minimum absolute atomic E-state index is 0.487. The number of hydrogen-bond donors (Lipinski definition) is 0. The van der Waals surface area contributed by atoms with E-state index in [4.69, 9.17) is 32.7 Å². The van der Waals surface area contributed by atoms with Crippen molar-refractivity contribution in [3.63, 3.8) is 0 Å². The lowest BCUT2D eigenvalue weighted by Crippen LogP contribution is -2.46. The van der Waals surface area contributed by atoms with Crippen LogP contribution in [0.1, 0.15) is 30.5 Å². The zero-order valence-corrected chi connectivity index (χ0v) is 17.3. The maximum absolute atomic E-state index is 6.22. The topological polar surface area (TPSA) is 71.2 Å². The molecule has 2 aromatic heterocycles. The van der Waals surface area contributed by atoms with Crippen LogP contribution < -0.4 is 4.90 Å². The van der Waals surface area contributed by atoms with Crippen molar-refractivity contribution in [1.29, 1.82) is 0 Å². The Kier molecular flexibility index (Phi) is 5.11. The Hall–Kier alpha value is -2.22. The molecular formula is C20H20Cl2N6O. The SMILES string of the molecule is Clc1ccc(-c2noc(CN3CCN(c4cc(Cl)nc(C5CC5)n4)CC3)n2)cc1. The maximum Gasteiger partial charge on any atom is 0.241 e.